The maximum Gasteiger partial charge on any atom is 0.343 e. The Labute approximate surface area is 207 Å². The van der Waals surface area contributed by atoms with E-state index in [1.807, 2.05) is 19.1 Å². The fraction of sp³-hybridized carbons (Fsp3) is 0.125. The molecule has 0 atom stereocenters. The quantitative estimate of drug-likeness (QED) is 0.195. The molecule has 2 N–H and O–H groups in total. The lowest BCUT2D eigenvalue weighted by Gasteiger charge is -2.10. The van der Waals surface area contributed by atoms with Gasteiger partial charge in [-0.05, 0) is 67.1 Å². The van der Waals surface area contributed by atoms with E-state index in [4.69, 9.17) is 21.1 Å². The van der Waals surface area contributed by atoms with Crippen molar-refractivity contribution in [2.45, 2.75) is 11.8 Å². The molecule has 0 heterocycles. The van der Waals surface area contributed by atoms with E-state index in [1.165, 1.54) is 43.7 Å². The number of rotatable bonds is 9. The summed E-state index contributed by atoms with van der Waals surface area (Å²) in [6.07, 6.45) is 1.33. The topological polar surface area (TPSA) is 123 Å². The van der Waals surface area contributed by atoms with Gasteiger partial charge in [0.1, 0.15) is 0 Å². The summed E-state index contributed by atoms with van der Waals surface area (Å²) in [5.41, 5.74) is 4.19. The van der Waals surface area contributed by atoms with Crippen LogP contribution in [-0.2, 0) is 14.8 Å². The molecule has 0 aromatic heterocycles. The summed E-state index contributed by atoms with van der Waals surface area (Å²) >= 11 is 5.75. The standard InChI is InChI=1S/C24H22ClN3O6S/c1-16-3-6-18(7-4-16)24(30)34-21-12-5-17(13-22(21)33-2)14-26-28-23(29)15-27-35(31,32)20-10-8-19(25)9-11-20/h3-14,27H,15H2,1-2H3,(H,28,29)/b26-14-. The first kappa shape index (κ1) is 25.9. The first-order valence-corrected chi connectivity index (χ1v) is 12.1. The van der Waals surface area contributed by atoms with E-state index in [1.54, 1.807) is 24.3 Å². The van der Waals surface area contributed by atoms with Gasteiger partial charge in [-0.15, -0.1) is 0 Å². The Kier molecular flexibility index (Phi) is 8.58. The van der Waals surface area contributed by atoms with Crippen LogP contribution in [0.1, 0.15) is 21.5 Å². The molecule has 0 radical (unpaired) electrons. The number of nitrogens with one attached hydrogen (secondary N) is 2. The Bertz CT molecular complexity index is 1340. The van der Waals surface area contributed by atoms with Crippen LogP contribution in [0, 0.1) is 6.92 Å². The molecule has 0 spiro atoms. The fourth-order valence-electron chi connectivity index (χ4n) is 2.77. The molecule has 0 saturated carbocycles. The minimum absolute atomic E-state index is 0.0199. The molecule has 11 heteroatoms. The number of methoxy groups -OCH3 is 1. The van der Waals surface area contributed by atoms with Crippen LogP contribution in [0.2, 0.25) is 5.02 Å². The van der Waals surface area contributed by atoms with Crippen LogP contribution in [-0.4, -0.2) is 40.2 Å². The smallest absolute Gasteiger partial charge is 0.343 e. The Morgan fingerprint density at radius 2 is 1.69 bits per heavy atom. The molecular weight excluding hydrogens is 494 g/mol. The van der Waals surface area contributed by atoms with Crippen LogP contribution in [0.15, 0.2) is 76.7 Å². The van der Waals surface area contributed by atoms with Crippen molar-refractivity contribution in [3.63, 3.8) is 0 Å². The highest BCUT2D eigenvalue weighted by Gasteiger charge is 2.15. The van der Waals surface area contributed by atoms with Crippen molar-refractivity contribution in [1.82, 2.24) is 10.1 Å². The van der Waals surface area contributed by atoms with Gasteiger partial charge in [-0.3, -0.25) is 4.79 Å². The molecule has 182 valence electrons. The maximum atomic E-state index is 12.4. The highest BCUT2D eigenvalue weighted by molar-refractivity contribution is 7.89. The van der Waals surface area contributed by atoms with Crippen molar-refractivity contribution in [1.29, 1.82) is 0 Å². The third kappa shape index (κ3) is 7.38. The Morgan fingerprint density at radius 1 is 1.00 bits per heavy atom. The minimum Gasteiger partial charge on any atom is -0.493 e. The molecule has 1 amide bonds. The molecule has 3 aromatic carbocycles. The molecule has 0 aliphatic rings. The lowest BCUT2D eigenvalue weighted by molar-refractivity contribution is -0.119. The first-order chi connectivity index (χ1) is 16.7. The number of ether oxygens (including phenoxy) is 2. The number of sulfonamides is 1. The van der Waals surface area contributed by atoms with Crippen LogP contribution in [0.3, 0.4) is 0 Å². The zero-order valence-corrected chi connectivity index (χ0v) is 20.4. The Balaban J connectivity index is 1.56. The van der Waals surface area contributed by atoms with Gasteiger partial charge in [-0.2, -0.15) is 5.10 Å². The minimum atomic E-state index is -3.87. The zero-order valence-electron chi connectivity index (χ0n) is 18.8. The van der Waals surface area contributed by atoms with E-state index in [-0.39, 0.29) is 16.4 Å². The van der Waals surface area contributed by atoms with E-state index in [9.17, 15) is 18.0 Å². The number of halogens is 1. The van der Waals surface area contributed by atoms with E-state index in [0.717, 1.165) is 5.56 Å². The van der Waals surface area contributed by atoms with Crippen molar-refractivity contribution in [2.24, 2.45) is 5.10 Å². The summed E-state index contributed by atoms with van der Waals surface area (Å²) < 4.78 is 37.3. The number of esters is 1. The SMILES string of the molecule is COc1cc(/C=N\NC(=O)CNS(=O)(=O)c2ccc(Cl)cc2)ccc1OC(=O)c1ccc(C)cc1. The van der Waals surface area contributed by atoms with Gasteiger partial charge in [0.05, 0.1) is 30.3 Å². The number of nitrogens with zero attached hydrogens (tertiary/aromatic N) is 1. The second-order valence-electron chi connectivity index (χ2n) is 7.24. The van der Waals surface area contributed by atoms with Crippen LogP contribution in [0.25, 0.3) is 0 Å². The van der Waals surface area contributed by atoms with Gasteiger partial charge in [0.15, 0.2) is 11.5 Å². The van der Waals surface area contributed by atoms with Crippen molar-refractivity contribution in [2.75, 3.05) is 13.7 Å². The van der Waals surface area contributed by atoms with Crippen LogP contribution >= 0.6 is 11.6 Å². The number of benzene rings is 3. The summed E-state index contributed by atoms with van der Waals surface area (Å²) in [6.45, 7) is 1.40. The van der Waals surface area contributed by atoms with Crippen molar-refractivity contribution < 1.29 is 27.5 Å². The highest BCUT2D eigenvalue weighted by Crippen LogP contribution is 2.28. The van der Waals surface area contributed by atoms with Crippen molar-refractivity contribution >= 4 is 39.7 Å². The van der Waals surface area contributed by atoms with Gasteiger partial charge in [0.2, 0.25) is 10.0 Å². The molecule has 0 fully saturated rings. The highest BCUT2D eigenvalue weighted by atomic mass is 35.5. The summed E-state index contributed by atoms with van der Waals surface area (Å²) in [5, 5.41) is 4.20. The Hall–Kier alpha value is -3.73. The molecular formula is C24H22ClN3O6S. The van der Waals surface area contributed by atoms with Gasteiger partial charge >= 0.3 is 5.97 Å². The molecule has 0 saturated heterocycles. The van der Waals surface area contributed by atoms with Crippen molar-refractivity contribution in [3.05, 3.63) is 88.4 Å². The van der Waals surface area contributed by atoms with E-state index < -0.39 is 28.4 Å². The second-order valence-corrected chi connectivity index (χ2v) is 9.44. The average molecular weight is 516 g/mol. The van der Waals surface area contributed by atoms with Gasteiger partial charge in [-0.1, -0.05) is 29.3 Å². The van der Waals surface area contributed by atoms with Crippen LogP contribution < -0.4 is 19.6 Å². The summed E-state index contributed by atoms with van der Waals surface area (Å²) in [7, 11) is -2.45. The lowest BCUT2D eigenvalue weighted by Crippen LogP contribution is -2.34. The number of aryl methyl sites for hydroxylation is 1. The molecule has 9 nitrogen and oxygen atoms in total. The van der Waals surface area contributed by atoms with E-state index in [0.29, 0.717) is 16.1 Å². The average Bonchev–Trinajstić information content (AvgIpc) is 2.84. The number of carbonyl (C=O) groups is 2. The third-order valence-electron chi connectivity index (χ3n) is 4.63. The maximum absolute atomic E-state index is 12.4. The summed E-state index contributed by atoms with van der Waals surface area (Å²) in [6, 6.07) is 17.2. The molecule has 35 heavy (non-hydrogen) atoms. The lowest BCUT2D eigenvalue weighted by atomic mass is 10.1. The molecule has 0 unspecified atom stereocenters. The summed E-state index contributed by atoms with van der Waals surface area (Å²) in [5.74, 6) is -0.695. The molecule has 0 bridgehead atoms. The van der Waals surface area contributed by atoms with Gasteiger partial charge in [-0.25, -0.2) is 23.4 Å². The number of carbonyl (C=O) groups excluding carboxylic acids is 2. The summed E-state index contributed by atoms with van der Waals surface area (Å²) in [4.78, 5) is 24.3. The monoisotopic (exact) mass is 515 g/mol. The van der Waals surface area contributed by atoms with E-state index in [2.05, 4.69) is 15.2 Å². The second kappa shape index (κ2) is 11.6. The normalized spacial score (nSPS) is 11.3. The number of amides is 1. The van der Waals surface area contributed by atoms with Crippen LogP contribution in [0.5, 0.6) is 11.5 Å². The van der Waals surface area contributed by atoms with Crippen LogP contribution in [0.4, 0.5) is 0 Å². The van der Waals surface area contributed by atoms with Gasteiger partial charge in [0, 0.05) is 5.02 Å². The predicted molar refractivity (Wildman–Crippen MR) is 132 cm³/mol. The molecule has 0 aliphatic carbocycles. The number of hydrogen-bond donors (Lipinski definition) is 2. The van der Waals surface area contributed by atoms with Gasteiger partial charge in [0.25, 0.3) is 5.91 Å². The first-order valence-electron chi connectivity index (χ1n) is 10.2. The largest absolute Gasteiger partial charge is 0.493 e. The predicted octanol–water partition coefficient (Wildman–Crippen LogP) is 3.30. The Morgan fingerprint density at radius 3 is 2.34 bits per heavy atom. The third-order valence-corrected chi connectivity index (χ3v) is 6.30. The number of hydrogen-bond acceptors (Lipinski definition) is 7. The van der Waals surface area contributed by atoms with E-state index >= 15 is 0 Å². The molecule has 0 aliphatic heterocycles. The van der Waals surface area contributed by atoms with Crippen molar-refractivity contribution in [3.8, 4) is 11.5 Å². The van der Waals surface area contributed by atoms with Gasteiger partial charge < -0.3 is 9.47 Å². The fourth-order valence-corrected chi connectivity index (χ4v) is 3.88. The number of hydrazone groups is 1. The molecule has 3 aromatic rings. The zero-order chi connectivity index (χ0) is 25.4. The molecule has 3 rings (SSSR count).